The van der Waals surface area contributed by atoms with Crippen LogP contribution < -0.4 is 5.32 Å². The first kappa shape index (κ1) is 12.5. The Bertz CT molecular complexity index is 437. The molecule has 1 aliphatic rings. The zero-order valence-corrected chi connectivity index (χ0v) is 10.7. The smallest absolute Gasteiger partial charge is 0.246 e. The molecule has 1 atom stereocenters. The van der Waals surface area contributed by atoms with Crippen molar-refractivity contribution in [2.24, 2.45) is 0 Å². The van der Waals surface area contributed by atoms with Crippen LogP contribution in [0.5, 0.6) is 0 Å². The quantitative estimate of drug-likeness (QED) is 0.807. The first-order chi connectivity index (χ1) is 8.16. The Kier molecular flexibility index (Phi) is 3.80. The van der Waals surface area contributed by atoms with Gasteiger partial charge in [-0.2, -0.15) is 9.40 Å². The standard InChI is InChI=1S/C10H18N4O2S/c1-2-14(9-4-3-5-11-6-9)17(15,16)10-7-12-13-8-10/h7-9,11H,2-6H2,1H3,(H,12,13). The lowest BCUT2D eigenvalue weighted by Gasteiger charge is -2.32. The summed E-state index contributed by atoms with van der Waals surface area (Å²) in [5.41, 5.74) is 0. The van der Waals surface area contributed by atoms with Crippen LogP contribution in [0.3, 0.4) is 0 Å². The van der Waals surface area contributed by atoms with Gasteiger partial charge in [-0.25, -0.2) is 8.42 Å². The summed E-state index contributed by atoms with van der Waals surface area (Å²) in [6.07, 6.45) is 4.71. The highest BCUT2D eigenvalue weighted by Crippen LogP contribution is 2.20. The lowest BCUT2D eigenvalue weighted by molar-refractivity contribution is 0.274. The highest BCUT2D eigenvalue weighted by molar-refractivity contribution is 7.89. The van der Waals surface area contributed by atoms with E-state index in [-0.39, 0.29) is 10.9 Å². The molecule has 1 unspecified atom stereocenters. The van der Waals surface area contributed by atoms with Gasteiger partial charge in [0.1, 0.15) is 4.90 Å². The number of piperidine rings is 1. The molecule has 0 aliphatic carbocycles. The molecule has 1 fully saturated rings. The van der Waals surface area contributed by atoms with Crippen LogP contribution in [-0.4, -0.2) is 48.6 Å². The SMILES string of the molecule is CCN(C1CCCNC1)S(=O)(=O)c1cn[nH]c1. The topological polar surface area (TPSA) is 78.1 Å². The maximum atomic E-state index is 12.4. The number of sulfonamides is 1. The molecule has 96 valence electrons. The average Bonchev–Trinajstić information content (AvgIpc) is 2.85. The second kappa shape index (κ2) is 5.16. The summed E-state index contributed by atoms with van der Waals surface area (Å²) in [6.45, 7) is 4.05. The largest absolute Gasteiger partial charge is 0.315 e. The van der Waals surface area contributed by atoms with Crippen LogP contribution in [-0.2, 0) is 10.0 Å². The second-order valence-electron chi connectivity index (χ2n) is 4.14. The molecular weight excluding hydrogens is 240 g/mol. The van der Waals surface area contributed by atoms with Crippen molar-refractivity contribution >= 4 is 10.0 Å². The summed E-state index contributed by atoms with van der Waals surface area (Å²) >= 11 is 0. The first-order valence-electron chi connectivity index (χ1n) is 5.87. The minimum Gasteiger partial charge on any atom is -0.315 e. The predicted molar refractivity (Wildman–Crippen MR) is 64.0 cm³/mol. The van der Waals surface area contributed by atoms with Gasteiger partial charge in [0.2, 0.25) is 10.0 Å². The summed E-state index contributed by atoms with van der Waals surface area (Å²) in [5.74, 6) is 0. The van der Waals surface area contributed by atoms with Crippen LogP contribution in [0.15, 0.2) is 17.3 Å². The van der Waals surface area contributed by atoms with E-state index in [4.69, 9.17) is 0 Å². The van der Waals surface area contributed by atoms with Gasteiger partial charge in [0.25, 0.3) is 0 Å². The Morgan fingerprint density at radius 1 is 1.59 bits per heavy atom. The zero-order chi connectivity index (χ0) is 12.3. The minimum atomic E-state index is -3.41. The van der Waals surface area contributed by atoms with Crippen molar-refractivity contribution in [1.29, 1.82) is 0 Å². The Morgan fingerprint density at radius 3 is 2.94 bits per heavy atom. The molecule has 17 heavy (non-hydrogen) atoms. The van der Waals surface area contributed by atoms with Crippen molar-refractivity contribution in [1.82, 2.24) is 19.8 Å². The van der Waals surface area contributed by atoms with Crippen LogP contribution in [0.1, 0.15) is 19.8 Å². The monoisotopic (exact) mass is 258 g/mol. The van der Waals surface area contributed by atoms with Crippen molar-refractivity contribution in [3.05, 3.63) is 12.4 Å². The van der Waals surface area contributed by atoms with Crippen LogP contribution in [0.4, 0.5) is 0 Å². The highest BCUT2D eigenvalue weighted by atomic mass is 32.2. The fourth-order valence-corrected chi connectivity index (χ4v) is 3.79. The van der Waals surface area contributed by atoms with Crippen molar-refractivity contribution in [2.75, 3.05) is 19.6 Å². The van der Waals surface area contributed by atoms with E-state index in [1.807, 2.05) is 6.92 Å². The summed E-state index contributed by atoms with van der Waals surface area (Å²) in [4.78, 5) is 0.241. The maximum absolute atomic E-state index is 12.4. The van der Waals surface area contributed by atoms with Gasteiger partial charge in [-0.05, 0) is 19.4 Å². The van der Waals surface area contributed by atoms with Crippen LogP contribution in [0, 0.1) is 0 Å². The molecule has 1 saturated heterocycles. The molecular formula is C10H18N4O2S. The Morgan fingerprint density at radius 2 is 2.41 bits per heavy atom. The molecule has 1 aliphatic heterocycles. The molecule has 6 nitrogen and oxygen atoms in total. The Hall–Kier alpha value is -0.920. The van der Waals surface area contributed by atoms with Crippen molar-refractivity contribution in [3.8, 4) is 0 Å². The molecule has 0 amide bonds. The van der Waals surface area contributed by atoms with E-state index >= 15 is 0 Å². The number of hydrogen-bond acceptors (Lipinski definition) is 4. The van der Waals surface area contributed by atoms with Crippen molar-refractivity contribution in [3.63, 3.8) is 0 Å². The van der Waals surface area contributed by atoms with E-state index in [9.17, 15) is 8.42 Å². The lowest BCUT2D eigenvalue weighted by Crippen LogP contribution is -2.48. The van der Waals surface area contributed by atoms with Gasteiger partial charge >= 0.3 is 0 Å². The van der Waals surface area contributed by atoms with Gasteiger partial charge < -0.3 is 5.32 Å². The third-order valence-electron chi connectivity index (χ3n) is 3.07. The summed E-state index contributed by atoms with van der Waals surface area (Å²) in [5, 5.41) is 9.49. The zero-order valence-electron chi connectivity index (χ0n) is 9.89. The van der Waals surface area contributed by atoms with Gasteiger partial charge in [-0.1, -0.05) is 6.92 Å². The van der Waals surface area contributed by atoms with E-state index in [2.05, 4.69) is 15.5 Å². The molecule has 1 aromatic heterocycles. The molecule has 7 heteroatoms. The maximum Gasteiger partial charge on any atom is 0.246 e. The van der Waals surface area contributed by atoms with Gasteiger partial charge in [-0.15, -0.1) is 0 Å². The number of aromatic amines is 1. The fraction of sp³-hybridized carbons (Fsp3) is 0.700. The first-order valence-corrected chi connectivity index (χ1v) is 7.31. The van der Waals surface area contributed by atoms with E-state index in [0.717, 1.165) is 25.9 Å². The van der Waals surface area contributed by atoms with Crippen LogP contribution in [0.2, 0.25) is 0 Å². The minimum absolute atomic E-state index is 0.0497. The fourth-order valence-electron chi connectivity index (χ4n) is 2.22. The number of hydrogen-bond donors (Lipinski definition) is 2. The number of rotatable bonds is 4. The summed E-state index contributed by atoms with van der Waals surface area (Å²) in [7, 11) is -3.41. The van der Waals surface area contributed by atoms with Crippen molar-refractivity contribution in [2.45, 2.75) is 30.7 Å². The Balaban J connectivity index is 2.23. The number of H-pyrrole nitrogens is 1. The van der Waals surface area contributed by atoms with Crippen LogP contribution in [0.25, 0.3) is 0 Å². The molecule has 0 aromatic carbocycles. The number of nitrogens with one attached hydrogen (secondary N) is 2. The molecule has 2 N–H and O–H groups in total. The van der Waals surface area contributed by atoms with E-state index in [0.29, 0.717) is 6.54 Å². The molecule has 1 aromatic rings. The number of likely N-dealkylation sites (N-methyl/N-ethyl adjacent to an activating group) is 1. The molecule has 0 spiro atoms. The summed E-state index contributed by atoms with van der Waals surface area (Å²) < 4.78 is 26.3. The molecule has 2 rings (SSSR count). The van der Waals surface area contributed by atoms with Gasteiger partial charge in [0, 0.05) is 25.3 Å². The number of aromatic nitrogens is 2. The van der Waals surface area contributed by atoms with Gasteiger partial charge in [-0.3, -0.25) is 5.10 Å². The molecule has 0 radical (unpaired) electrons. The van der Waals surface area contributed by atoms with Gasteiger partial charge in [0.05, 0.1) is 6.20 Å². The van der Waals surface area contributed by atoms with E-state index in [1.165, 1.54) is 12.4 Å². The normalized spacial score (nSPS) is 21.9. The lowest BCUT2D eigenvalue weighted by atomic mass is 10.1. The van der Waals surface area contributed by atoms with Crippen molar-refractivity contribution < 1.29 is 8.42 Å². The third kappa shape index (κ3) is 2.51. The number of nitrogens with zero attached hydrogens (tertiary/aromatic N) is 2. The molecule has 2 heterocycles. The van der Waals surface area contributed by atoms with Gasteiger partial charge in [0.15, 0.2) is 0 Å². The van der Waals surface area contributed by atoms with E-state index < -0.39 is 10.0 Å². The second-order valence-corrected chi connectivity index (χ2v) is 6.03. The Labute approximate surface area is 101 Å². The average molecular weight is 258 g/mol. The van der Waals surface area contributed by atoms with Crippen LogP contribution >= 0.6 is 0 Å². The third-order valence-corrected chi connectivity index (χ3v) is 5.06. The molecule has 0 bridgehead atoms. The summed E-state index contributed by atoms with van der Waals surface area (Å²) in [6, 6.07) is 0.0497. The highest BCUT2D eigenvalue weighted by Gasteiger charge is 2.31. The molecule has 0 saturated carbocycles. The van der Waals surface area contributed by atoms with E-state index in [1.54, 1.807) is 4.31 Å². The predicted octanol–water partition coefficient (Wildman–Crippen LogP) is 0.172.